The quantitative estimate of drug-likeness (QED) is 0.779. The van der Waals surface area contributed by atoms with Crippen LogP contribution in [0.25, 0.3) is 10.8 Å². The first kappa shape index (κ1) is 16.8. The summed E-state index contributed by atoms with van der Waals surface area (Å²) < 4.78 is 5.67. The first-order valence-corrected chi connectivity index (χ1v) is 8.11. The number of rotatable bonds is 5. The second kappa shape index (κ2) is 7.21. The van der Waals surface area contributed by atoms with Crippen molar-refractivity contribution in [2.75, 3.05) is 20.2 Å². The summed E-state index contributed by atoms with van der Waals surface area (Å²) in [4.78, 5) is 28.8. The number of fused-ring (bicyclic) bond motifs is 1. The summed E-state index contributed by atoms with van der Waals surface area (Å²) in [5, 5.41) is 1.32. The number of pyridine rings is 1. The van der Waals surface area contributed by atoms with E-state index in [1.54, 1.807) is 25.2 Å². The van der Waals surface area contributed by atoms with Crippen LogP contribution in [-0.2, 0) is 0 Å². The highest BCUT2D eigenvalue weighted by atomic mass is 16.5. The Hall–Kier alpha value is -3.08. The van der Waals surface area contributed by atoms with Gasteiger partial charge in [-0.25, -0.2) is 0 Å². The number of aryl methyl sites for hydroxylation is 1. The van der Waals surface area contributed by atoms with Gasteiger partial charge in [0.25, 0.3) is 11.5 Å². The summed E-state index contributed by atoms with van der Waals surface area (Å²) in [6, 6.07) is 16.7. The van der Waals surface area contributed by atoms with Gasteiger partial charge in [-0.3, -0.25) is 9.59 Å². The van der Waals surface area contributed by atoms with Crippen molar-refractivity contribution < 1.29 is 9.53 Å². The van der Waals surface area contributed by atoms with Crippen molar-refractivity contribution >= 4 is 16.7 Å². The summed E-state index contributed by atoms with van der Waals surface area (Å²) in [5.74, 6) is 0.538. The number of hydrogen-bond acceptors (Lipinski definition) is 3. The number of aromatic amines is 1. The van der Waals surface area contributed by atoms with E-state index in [1.807, 2.05) is 43.3 Å². The molecule has 0 aliphatic heterocycles. The van der Waals surface area contributed by atoms with Crippen LogP contribution in [0.2, 0.25) is 0 Å². The monoisotopic (exact) mass is 336 g/mol. The summed E-state index contributed by atoms with van der Waals surface area (Å²) in [5.41, 5.74) is 1.14. The highest BCUT2D eigenvalue weighted by Gasteiger charge is 2.14. The lowest BCUT2D eigenvalue weighted by atomic mass is 10.1. The van der Waals surface area contributed by atoms with E-state index < -0.39 is 0 Å². The van der Waals surface area contributed by atoms with Crippen LogP contribution in [0.15, 0.2) is 59.4 Å². The molecule has 1 N–H and O–H groups in total. The molecule has 0 saturated heterocycles. The lowest BCUT2D eigenvalue weighted by Gasteiger charge is -2.17. The van der Waals surface area contributed by atoms with Crippen molar-refractivity contribution in [3.63, 3.8) is 0 Å². The van der Waals surface area contributed by atoms with E-state index in [9.17, 15) is 9.59 Å². The molecule has 2 aromatic carbocycles. The first-order valence-electron chi connectivity index (χ1n) is 8.11. The van der Waals surface area contributed by atoms with Gasteiger partial charge in [0.2, 0.25) is 0 Å². The minimum absolute atomic E-state index is 0.240. The molecule has 0 unspecified atom stereocenters. The standard InChI is InChI=1S/C20H20N2O3/c1-14-6-5-8-16(12-14)25-11-10-22(2)20(24)18-13-15-7-3-4-9-17(15)19(23)21-18/h3-9,12-13H,10-11H2,1-2H3,(H,21,23). The second-order valence-corrected chi connectivity index (χ2v) is 5.99. The molecule has 1 amide bonds. The van der Waals surface area contributed by atoms with Gasteiger partial charge in [0.15, 0.2) is 0 Å². The molecule has 1 heterocycles. The normalized spacial score (nSPS) is 10.6. The number of aromatic nitrogens is 1. The Morgan fingerprint density at radius 2 is 1.92 bits per heavy atom. The Labute approximate surface area is 145 Å². The molecule has 25 heavy (non-hydrogen) atoms. The van der Waals surface area contributed by atoms with E-state index >= 15 is 0 Å². The number of likely N-dealkylation sites (N-methyl/N-ethyl adjacent to an activating group) is 1. The van der Waals surface area contributed by atoms with Gasteiger partial charge >= 0.3 is 0 Å². The number of ether oxygens (including phenoxy) is 1. The average molecular weight is 336 g/mol. The van der Waals surface area contributed by atoms with Gasteiger partial charge in [-0.05, 0) is 42.1 Å². The van der Waals surface area contributed by atoms with E-state index in [4.69, 9.17) is 4.74 Å². The molecule has 128 valence electrons. The van der Waals surface area contributed by atoms with Gasteiger partial charge in [-0.2, -0.15) is 0 Å². The molecule has 3 rings (SSSR count). The molecule has 0 atom stereocenters. The molecule has 0 aliphatic rings. The van der Waals surface area contributed by atoms with Crippen LogP contribution in [0.1, 0.15) is 16.1 Å². The number of nitrogens with zero attached hydrogens (tertiary/aromatic N) is 1. The molecule has 0 saturated carbocycles. The fourth-order valence-corrected chi connectivity index (χ4v) is 2.64. The highest BCUT2D eigenvalue weighted by Crippen LogP contribution is 2.13. The number of carbonyl (C=O) groups excluding carboxylic acids is 1. The van der Waals surface area contributed by atoms with Crippen LogP contribution in [0.4, 0.5) is 0 Å². The fraction of sp³-hybridized carbons (Fsp3) is 0.200. The van der Waals surface area contributed by atoms with Gasteiger partial charge in [0, 0.05) is 12.4 Å². The van der Waals surface area contributed by atoms with Gasteiger partial charge in [0.1, 0.15) is 18.1 Å². The van der Waals surface area contributed by atoms with Crippen molar-refractivity contribution in [1.82, 2.24) is 9.88 Å². The van der Waals surface area contributed by atoms with Crippen LogP contribution < -0.4 is 10.3 Å². The van der Waals surface area contributed by atoms with Crippen molar-refractivity contribution in [2.24, 2.45) is 0 Å². The predicted molar refractivity (Wildman–Crippen MR) is 98.2 cm³/mol. The largest absolute Gasteiger partial charge is 0.492 e. The number of nitrogens with one attached hydrogen (secondary N) is 1. The Bertz CT molecular complexity index is 962. The van der Waals surface area contributed by atoms with E-state index in [0.29, 0.717) is 18.5 Å². The zero-order valence-corrected chi connectivity index (χ0v) is 14.3. The molecule has 0 radical (unpaired) electrons. The number of amides is 1. The van der Waals surface area contributed by atoms with E-state index in [-0.39, 0.29) is 17.2 Å². The number of H-pyrrole nitrogens is 1. The third-order valence-corrected chi connectivity index (χ3v) is 4.02. The topological polar surface area (TPSA) is 62.4 Å². The Morgan fingerprint density at radius 1 is 1.12 bits per heavy atom. The third kappa shape index (κ3) is 3.88. The maximum Gasteiger partial charge on any atom is 0.270 e. The first-order chi connectivity index (χ1) is 12.0. The lowest BCUT2D eigenvalue weighted by Crippen LogP contribution is -2.32. The number of benzene rings is 2. The van der Waals surface area contributed by atoms with Crippen molar-refractivity contribution in [3.05, 3.63) is 76.2 Å². The van der Waals surface area contributed by atoms with Crippen LogP contribution in [-0.4, -0.2) is 36.0 Å². The highest BCUT2D eigenvalue weighted by molar-refractivity contribution is 5.96. The maximum absolute atomic E-state index is 12.5. The minimum Gasteiger partial charge on any atom is -0.492 e. The molecule has 5 nitrogen and oxygen atoms in total. The van der Waals surface area contributed by atoms with Crippen LogP contribution in [0.5, 0.6) is 5.75 Å². The third-order valence-electron chi connectivity index (χ3n) is 4.02. The van der Waals surface area contributed by atoms with Crippen molar-refractivity contribution in [2.45, 2.75) is 6.92 Å². The zero-order chi connectivity index (χ0) is 17.8. The fourth-order valence-electron chi connectivity index (χ4n) is 2.64. The molecule has 0 aliphatic carbocycles. The summed E-state index contributed by atoms with van der Waals surface area (Å²) in [6.45, 7) is 2.80. The molecular formula is C20H20N2O3. The van der Waals surface area contributed by atoms with E-state index in [0.717, 1.165) is 16.7 Å². The molecule has 0 bridgehead atoms. The average Bonchev–Trinajstić information content (AvgIpc) is 2.61. The summed E-state index contributed by atoms with van der Waals surface area (Å²) in [6.07, 6.45) is 0. The van der Waals surface area contributed by atoms with Crippen LogP contribution in [0.3, 0.4) is 0 Å². The minimum atomic E-state index is -0.258. The zero-order valence-electron chi connectivity index (χ0n) is 14.3. The Balaban J connectivity index is 1.67. The number of hydrogen-bond donors (Lipinski definition) is 1. The van der Waals surface area contributed by atoms with Gasteiger partial charge in [0.05, 0.1) is 6.54 Å². The molecule has 0 spiro atoms. The maximum atomic E-state index is 12.5. The molecule has 0 fully saturated rings. The molecule has 5 heteroatoms. The van der Waals surface area contributed by atoms with Crippen LogP contribution in [0, 0.1) is 6.92 Å². The van der Waals surface area contributed by atoms with Crippen molar-refractivity contribution in [1.29, 1.82) is 0 Å². The van der Waals surface area contributed by atoms with Crippen LogP contribution >= 0.6 is 0 Å². The van der Waals surface area contributed by atoms with E-state index in [2.05, 4.69) is 4.98 Å². The Kier molecular flexibility index (Phi) is 4.84. The van der Waals surface area contributed by atoms with Gasteiger partial charge < -0.3 is 14.6 Å². The molecule has 1 aromatic heterocycles. The predicted octanol–water partition coefficient (Wildman–Crippen LogP) is 2.99. The SMILES string of the molecule is Cc1cccc(OCCN(C)C(=O)c2cc3ccccc3c(=O)[nH]2)c1. The Morgan fingerprint density at radius 3 is 2.72 bits per heavy atom. The second-order valence-electron chi connectivity index (χ2n) is 5.99. The lowest BCUT2D eigenvalue weighted by molar-refractivity contribution is 0.0768. The van der Waals surface area contributed by atoms with Gasteiger partial charge in [-0.15, -0.1) is 0 Å². The summed E-state index contributed by atoms with van der Waals surface area (Å²) in [7, 11) is 1.69. The smallest absolute Gasteiger partial charge is 0.270 e. The van der Waals surface area contributed by atoms with Gasteiger partial charge in [-0.1, -0.05) is 30.3 Å². The molecule has 3 aromatic rings. The summed E-state index contributed by atoms with van der Waals surface area (Å²) >= 11 is 0. The van der Waals surface area contributed by atoms with Crippen molar-refractivity contribution in [3.8, 4) is 5.75 Å². The molecular weight excluding hydrogens is 316 g/mol. The van der Waals surface area contributed by atoms with E-state index in [1.165, 1.54) is 4.90 Å². The number of carbonyl (C=O) groups is 1.